The molecule has 0 aromatic heterocycles. The van der Waals surface area contributed by atoms with E-state index in [9.17, 15) is 4.79 Å². The van der Waals surface area contributed by atoms with Crippen molar-refractivity contribution in [2.45, 2.75) is 25.7 Å². The normalized spacial score (nSPS) is 28.7. The van der Waals surface area contributed by atoms with Gasteiger partial charge in [-0.25, -0.2) is 0 Å². The fourth-order valence-corrected chi connectivity index (χ4v) is 2.16. The molecule has 1 spiro atoms. The van der Waals surface area contributed by atoms with Crippen molar-refractivity contribution >= 4 is 6.29 Å². The van der Waals surface area contributed by atoms with Crippen LogP contribution in [0.5, 0.6) is 0 Å². The van der Waals surface area contributed by atoms with Crippen molar-refractivity contribution in [2.24, 2.45) is 5.41 Å². The lowest BCUT2D eigenvalue weighted by Crippen LogP contribution is -2.37. The molecular weight excluding hydrogens is 138 g/mol. The van der Waals surface area contributed by atoms with E-state index in [0.717, 1.165) is 12.8 Å². The Morgan fingerprint density at radius 3 is 2.82 bits per heavy atom. The molecule has 0 N–H and O–H groups in total. The van der Waals surface area contributed by atoms with Gasteiger partial charge in [0.25, 0.3) is 0 Å². The third-order valence-corrected chi connectivity index (χ3v) is 3.03. The fourth-order valence-electron chi connectivity index (χ4n) is 2.16. The van der Waals surface area contributed by atoms with E-state index < -0.39 is 0 Å². The Bertz CT molecular complexity index is 163. The average Bonchev–Trinajstić information content (AvgIpc) is 2.70. The van der Waals surface area contributed by atoms with Crippen molar-refractivity contribution in [1.82, 2.24) is 4.90 Å². The minimum Gasteiger partial charge on any atom is -0.302 e. The van der Waals surface area contributed by atoms with Crippen LogP contribution >= 0.6 is 0 Å². The molecule has 0 aromatic carbocycles. The largest absolute Gasteiger partial charge is 0.302 e. The van der Waals surface area contributed by atoms with Crippen molar-refractivity contribution in [2.75, 3.05) is 19.6 Å². The van der Waals surface area contributed by atoms with Gasteiger partial charge in [0, 0.05) is 6.54 Å². The van der Waals surface area contributed by atoms with Gasteiger partial charge in [-0.05, 0) is 37.6 Å². The second-order valence-electron chi connectivity index (χ2n) is 4.01. The Labute approximate surface area is 67.6 Å². The van der Waals surface area contributed by atoms with Gasteiger partial charge in [-0.15, -0.1) is 0 Å². The summed E-state index contributed by atoms with van der Waals surface area (Å²) in [4.78, 5) is 12.6. The lowest BCUT2D eigenvalue weighted by Gasteiger charge is -2.31. The lowest BCUT2D eigenvalue weighted by molar-refractivity contribution is -0.109. The maximum Gasteiger partial charge on any atom is 0.133 e. The molecule has 1 saturated carbocycles. The number of carbonyl (C=O) groups is 1. The van der Waals surface area contributed by atoms with E-state index in [2.05, 4.69) is 4.90 Å². The van der Waals surface area contributed by atoms with Gasteiger partial charge in [-0.3, -0.25) is 4.90 Å². The Hall–Kier alpha value is -0.370. The molecule has 0 unspecified atom stereocenters. The van der Waals surface area contributed by atoms with Crippen molar-refractivity contribution in [3.63, 3.8) is 0 Å². The first kappa shape index (κ1) is 7.29. The zero-order valence-electron chi connectivity index (χ0n) is 6.88. The zero-order valence-corrected chi connectivity index (χ0v) is 6.88. The SMILES string of the molecule is O=CCN1CCCC2(CC2)C1. The summed E-state index contributed by atoms with van der Waals surface area (Å²) >= 11 is 0. The minimum atomic E-state index is 0.655. The zero-order chi connectivity index (χ0) is 7.73. The summed E-state index contributed by atoms with van der Waals surface area (Å²) in [5.74, 6) is 0. The van der Waals surface area contributed by atoms with E-state index >= 15 is 0 Å². The first-order valence-electron chi connectivity index (χ1n) is 4.51. The molecule has 1 heterocycles. The van der Waals surface area contributed by atoms with Crippen LogP contribution in [0.15, 0.2) is 0 Å². The summed E-state index contributed by atoms with van der Waals surface area (Å²) in [6, 6.07) is 0. The van der Waals surface area contributed by atoms with E-state index in [0.29, 0.717) is 12.0 Å². The molecule has 11 heavy (non-hydrogen) atoms. The van der Waals surface area contributed by atoms with E-state index in [1.165, 1.54) is 32.2 Å². The molecule has 0 atom stereocenters. The highest BCUT2D eigenvalue weighted by Crippen LogP contribution is 2.51. The molecule has 2 nitrogen and oxygen atoms in total. The maximum atomic E-state index is 10.3. The summed E-state index contributed by atoms with van der Waals surface area (Å²) in [6.45, 7) is 2.98. The van der Waals surface area contributed by atoms with E-state index in [1.54, 1.807) is 0 Å². The van der Waals surface area contributed by atoms with Gasteiger partial charge in [0.15, 0.2) is 0 Å². The quantitative estimate of drug-likeness (QED) is 0.553. The van der Waals surface area contributed by atoms with Crippen LogP contribution in [0, 0.1) is 5.41 Å². The van der Waals surface area contributed by atoms with Gasteiger partial charge >= 0.3 is 0 Å². The van der Waals surface area contributed by atoms with Crippen LogP contribution in [0.25, 0.3) is 0 Å². The number of rotatable bonds is 2. The fraction of sp³-hybridized carbons (Fsp3) is 0.889. The number of aldehydes is 1. The van der Waals surface area contributed by atoms with Crippen LogP contribution in [0.4, 0.5) is 0 Å². The molecule has 0 amide bonds. The van der Waals surface area contributed by atoms with Gasteiger partial charge in [-0.1, -0.05) is 0 Å². The Morgan fingerprint density at radius 2 is 2.18 bits per heavy atom. The van der Waals surface area contributed by atoms with Crippen LogP contribution in [0.2, 0.25) is 0 Å². The summed E-state index contributed by atoms with van der Waals surface area (Å²) in [7, 11) is 0. The maximum absolute atomic E-state index is 10.3. The van der Waals surface area contributed by atoms with Gasteiger partial charge in [-0.2, -0.15) is 0 Å². The Morgan fingerprint density at radius 1 is 1.36 bits per heavy atom. The van der Waals surface area contributed by atoms with Gasteiger partial charge in [0.05, 0.1) is 6.54 Å². The number of likely N-dealkylation sites (tertiary alicyclic amines) is 1. The predicted molar refractivity (Wildman–Crippen MR) is 43.4 cm³/mol. The van der Waals surface area contributed by atoms with Crippen molar-refractivity contribution in [3.05, 3.63) is 0 Å². The van der Waals surface area contributed by atoms with E-state index in [-0.39, 0.29) is 0 Å². The number of carbonyl (C=O) groups excluding carboxylic acids is 1. The molecule has 2 aliphatic rings. The molecular formula is C9H15NO. The smallest absolute Gasteiger partial charge is 0.133 e. The van der Waals surface area contributed by atoms with E-state index in [4.69, 9.17) is 0 Å². The van der Waals surface area contributed by atoms with Crippen molar-refractivity contribution in [1.29, 1.82) is 0 Å². The van der Waals surface area contributed by atoms with Crippen molar-refractivity contribution < 1.29 is 4.79 Å². The average molecular weight is 153 g/mol. The predicted octanol–water partition coefficient (Wildman–Crippen LogP) is 1.06. The molecule has 62 valence electrons. The topological polar surface area (TPSA) is 20.3 Å². The third kappa shape index (κ3) is 1.45. The minimum absolute atomic E-state index is 0.655. The van der Waals surface area contributed by atoms with Crippen LogP contribution in [-0.4, -0.2) is 30.8 Å². The van der Waals surface area contributed by atoms with E-state index in [1.807, 2.05) is 0 Å². The van der Waals surface area contributed by atoms with Crippen LogP contribution in [-0.2, 0) is 4.79 Å². The molecule has 0 bridgehead atoms. The third-order valence-electron chi connectivity index (χ3n) is 3.03. The Kier molecular flexibility index (Phi) is 1.72. The lowest BCUT2D eigenvalue weighted by atomic mass is 9.95. The summed E-state index contributed by atoms with van der Waals surface area (Å²) in [6.07, 6.45) is 6.54. The highest BCUT2D eigenvalue weighted by Gasteiger charge is 2.44. The highest BCUT2D eigenvalue weighted by molar-refractivity contribution is 5.52. The number of hydrogen-bond acceptors (Lipinski definition) is 2. The van der Waals surface area contributed by atoms with Crippen LogP contribution in [0.1, 0.15) is 25.7 Å². The number of piperidine rings is 1. The number of nitrogens with zero attached hydrogens (tertiary/aromatic N) is 1. The van der Waals surface area contributed by atoms with Crippen LogP contribution in [0.3, 0.4) is 0 Å². The monoisotopic (exact) mass is 153 g/mol. The van der Waals surface area contributed by atoms with Gasteiger partial charge in [0.1, 0.15) is 6.29 Å². The molecule has 0 radical (unpaired) electrons. The molecule has 2 fully saturated rings. The summed E-state index contributed by atoms with van der Waals surface area (Å²) < 4.78 is 0. The standard InChI is InChI=1S/C9H15NO/c11-7-6-10-5-1-2-9(8-10)3-4-9/h7H,1-6,8H2. The second-order valence-corrected chi connectivity index (χ2v) is 4.01. The van der Waals surface area contributed by atoms with Gasteiger partial charge in [0.2, 0.25) is 0 Å². The first-order valence-corrected chi connectivity index (χ1v) is 4.51. The number of hydrogen-bond donors (Lipinski definition) is 0. The highest BCUT2D eigenvalue weighted by atomic mass is 16.1. The Balaban J connectivity index is 1.88. The molecule has 1 aliphatic heterocycles. The molecule has 2 heteroatoms. The second kappa shape index (κ2) is 2.59. The molecule has 1 saturated heterocycles. The first-order chi connectivity index (χ1) is 5.35. The summed E-state index contributed by atoms with van der Waals surface area (Å²) in [5, 5.41) is 0. The molecule has 2 rings (SSSR count). The molecule has 1 aliphatic carbocycles. The van der Waals surface area contributed by atoms with Crippen molar-refractivity contribution in [3.8, 4) is 0 Å². The summed E-state index contributed by atoms with van der Waals surface area (Å²) in [5.41, 5.74) is 0.668. The van der Waals surface area contributed by atoms with Crippen LogP contribution < -0.4 is 0 Å². The molecule has 0 aromatic rings. The van der Waals surface area contributed by atoms with Gasteiger partial charge < -0.3 is 4.79 Å².